The van der Waals surface area contributed by atoms with E-state index in [0.29, 0.717) is 12.5 Å². The fraction of sp³-hybridized carbons (Fsp3) is 0.667. The van der Waals surface area contributed by atoms with Gasteiger partial charge in [-0.05, 0) is 24.8 Å². The summed E-state index contributed by atoms with van der Waals surface area (Å²) in [4.78, 5) is 15.2. The van der Waals surface area contributed by atoms with Gasteiger partial charge in [-0.25, -0.2) is 9.78 Å². The molecule has 0 saturated carbocycles. The summed E-state index contributed by atoms with van der Waals surface area (Å²) in [5, 5.41) is 3.35. The van der Waals surface area contributed by atoms with Crippen LogP contribution in [0.4, 0.5) is 0 Å². The van der Waals surface area contributed by atoms with Crippen molar-refractivity contribution in [2.45, 2.75) is 19.9 Å². The van der Waals surface area contributed by atoms with Crippen LogP contribution in [-0.4, -0.2) is 35.9 Å². The zero-order valence-electron chi connectivity index (χ0n) is 10.2. The lowest BCUT2D eigenvalue weighted by Gasteiger charge is -2.10. The number of ether oxygens (including phenoxy) is 1. The molecule has 1 unspecified atom stereocenters. The van der Waals surface area contributed by atoms with Gasteiger partial charge in [-0.1, -0.05) is 0 Å². The Morgan fingerprint density at radius 2 is 2.53 bits per heavy atom. The Kier molecular flexibility index (Phi) is 4.28. The summed E-state index contributed by atoms with van der Waals surface area (Å²) in [6, 6.07) is 0. The number of nitrogens with zero attached hydrogens (tertiary/aromatic N) is 2. The van der Waals surface area contributed by atoms with Crippen molar-refractivity contribution in [1.82, 2.24) is 14.9 Å². The third-order valence-corrected chi connectivity index (χ3v) is 2.97. The topological polar surface area (TPSA) is 56.2 Å². The first-order valence-corrected chi connectivity index (χ1v) is 6.07. The van der Waals surface area contributed by atoms with E-state index in [1.165, 1.54) is 0 Å². The van der Waals surface area contributed by atoms with Crippen molar-refractivity contribution in [2.75, 3.05) is 26.3 Å². The van der Waals surface area contributed by atoms with Crippen molar-refractivity contribution in [2.24, 2.45) is 5.92 Å². The molecule has 2 rings (SSSR count). The Labute approximate surface area is 101 Å². The molecule has 0 bridgehead atoms. The quantitative estimate of drug-likeness (QED) is 0.742. The summed E-state index contributed by atoms with van der Waals surface area (Å²) in [6.07, 6.45) is 4.58. The maximum absolute atomic E-state index is 11.4. The minimum atomic E-state index is -0.179. The van der Waals surface area contributed by atoms with Crippen molar-refractivity contribution >= 4 is 0 Å². The van der Waals surface area contributed by atoms with E-state index < -0.39 is 0 Å². The molecule has 1 aliphatic rings. The molecule has 1 fully saturated rings. The standard InChI is InChI=1S/C12H19N3O2/c1-10-6-14-12(16)15(8-10)4-3-13-7-11-2-5-17-9-11/h6,8,11,13H,2-5,7,9H2,1H3. The van der Waals surface area contributed by atoms with Crippen LogP contribution in [0.3, 0.4) is 0 Å². The number of nitrogens with one attached hydrogen (secondary N) is 1. The predicted molar refractivity (Wildman–Crippen MR) is 65.0 cm³/mol. The van der Waals surface area contributed by atoms with Crippen LogP contribution in [-0.2, 0) is 11.3 Å². The number of hydrogen-bond donors (Lipinski definition) is 1. The summed E-state index contributed by atoms with van der Waals surface area (Å²) < 4.78 is 6.95. The van der Waals surface area contributed by atoms with Gasteiger partial charge in [0.2, 0.25) is 0 Å². The molecule has 1 aromatic rings. The third kappa shape index (κ3) is 3.64. The van der Waals surface area contributed by atoms with Crippen molar-refractivity contribution < 1.29 is 4.74 Å². The lowest BCUT2D eigenvalue weighted by molar-refractivity contribution is 0.185. The van der Waals surface area contributed by atoms with Crippen molar-refractivity contribution in [1.29, 1.82) is 0 Å². The van der Waals surface area contributed by atoms with Crippen molar-refractivity contribution in [3.05, 3.63) is 28.4 Å². The Morgan fingerprint density at radius 3 is 3.29 bits per heavy atom. The molecule has 17 heavy (non-hydrogen) atoms. The van der Waals surface area contributed by atoms with E-state index in [2.05, 4.69) is 10.3 Å². The molecule has 1 saturated heterocycles. The molecule has 94 valence electrons. The Bertz CT molecular complexity index is 410. The van der Waals surface area contributed by atoms with Crippen molar-refractivity contribution in [3.63, 3.8) is 0 Å². The lowest BCUT2D eigenvalue weighted by Crippen LogP contribution is -2.31. The lowest BCUT2D eigenvalue weighted by atomic mass is 10.1. The van der Waals surface area contributed by atoms with E-state index in [1.54, 1.807) is 10.8 Å². The number of aromatic nitrogens is 2. The van der Waals surface area contributed by atoms with Crippen LogP contribution in [0.5, 0.6) is 0 Å². The van der Waals surface area contributed by atoms with Crippen LogP contribution in [0.1, 0.15) is 12.0 Å². The monoisotopic (exact) mass is 237 g/mol. The van der Waals surface area contributed by atoms with E-state index >= 15 is 0 Å². The van der Waals surface area contributed by atoms with Crippen LogP contribution in [0, 0.1) is 12.8 Å². The fourth-order valence-corrected chi connectivity index (χ4v) is 1.98. The minimum absolute atomic E-state index is 0.179. The second-order valence-electron chi connectivity index (χ2n) is 4.54. The first-order chi connectivity index (χ1) is 8.25. The largest absolute Gasteiger partial charge is 0.381 e. The van der Waals surface area contributed by atoms with Crippen LogP contribution in [0.2, 0.25) is 0 Å². The molecule has 5 nitrogen and oxygen atoms in total. The van der Waals surface area contributed by atoms with E-state index in [1.807, 2.05) is 13.1 Å². The predicted octanol–water partition coefficient (Wildman–Crippen LogP) is 0.178. The summed E-state index contributed by atoms with van der Waals surface area (Å²) in [7, 11) is 0. The zero-order valence-corrected chi connectivity index (χ0v) is 10.2. The summed E-state index contributed by atoms with van der Waals surface area (Å²) >= 11 is 0. The van der Waals surface area contributed by atoms with Crippen LogP contribution < -0.4 is 11.0 Å². The molecule has 0 spiro atoms. The van der Waals surface area contributed by atoms with Gasteiger partial charge in [-0.3, -0.25) is 4.57 Å². The smallest absolute Gasteiger partial charge is 0.347 e. The molecule has 1 N–H and O–H groups in total. The molecule has 0 radical (unpaired) electrons. The normalized spacial score (nSPS) is 19.7. The van der Waals surface area contributed by atoms with E-state index in [0.717, 1.165) is 38.3 Å². The van der Waals surface area contributed by atoms with Gasteiger partial charge in [0.15, 0.2) is 0 Å². The maximum atomic E-state index is 11.4. The average molecular weight is 237 g/mol. The van der Waals surface area contributed by atoms with E-state index in [-0.39, 0.29) is 5.69 Å². The number of rotatable bonds is 5. The highest BCUT2D eigenvalue weighted by molar-refractivity contribution is 4.99. The molecule has 5 heteroatoms. The third-order valence-electron chi connectivity index (χ3n) is 2.97. The fourth-order valence-electron chi connectivity index (χ4n) is 1.98. The van der Waals surface area contributed by atoms with Gasteiger partial charge in [-0.2, -0.15) is 0 Å². The summed E-state index contributed by atoms with van der Waals surface area (Å²) in [5.41, 5.74) is 0.829. The summed E-state index contributed by atoms with van der Waals surface area (Å²) in [5.74, 6) is 0.627. The molecule has 1 atom stereocenters. The molecule has 2 heterocycles. The first-order valence-electron chi connectivity index (χ1n) is 6.07. The van der Waals surface area contributed by atoms with Gasteiger partial charge in [-0.15, -0.1) is 0 Å². The second-order valence-corrected chi connectivity index (χ2v) is 4.54. The van der Waals surface area contributed by atoms with E-state index in [9.17, 15) is 4.79 Å². The molecule has 0 aromatic carbocycles. The first kappa shape index (κ1) is 12.3. The van der Waals surface area contributed by atoms with Crippen LogP contribution in [0.15, 0.2) is 17.2 Å². The molecule has 1 aliphatic heterocycles. The van der Waals surface area contributed by atoms with Gasteiger partial charge >= 0.3 is 5.69 Å². The minimum Gasteiger partial charge on any atom is -0.381 e. The van der Waals surface area contributed by atoms with Gasteiger partial charge in [0.05, 0.1) is 6.61 Å². The highest BCUT2D eigenvalue weighted by atomic mass is 16.5. The van der Waals surface area contributed by atoms with Gasteiger partial charge in [0, 0.05) is 38.6 Å². The molecular weight excluding hydrogens is 218 g/mol. The Hall–Kier alpha value is -1.20. The van der Waals surface area contributed by atoms with E-state index in [4.69, 9.17) is 4.74 Å². The highest BCUT2D eigenvalue weighted by Gasteiger charge is 2.14. The molecular formula is C12H19N3O2. The van der Waals surface area contributed by atoms with Crippen molar-refractivity contribution in [3.8, 4) is 0 Å². The molecule has 0 amide bonds. The summed E-state index contributed by atoms with van der Waals surface area (Å²) in [6.45, 7) is 6.11. The maximum Gasteiger partial charge on any atom is 0.347 e. The second kappa shape index (κ2) is 5.93. The SMILES string of the molecule is Cc1cnc(=O)n(CCNCC2CCOC2)c1. The number of aryl methyl sites for hydroxylation is 1. The van der Waals surface area contributed by atoms with Crippen LogP contribution in [0.25, 0.3) is 0 Å². The Morgan fingerprint density at radius 1 is 1.65 bits per heavy atom. The number of hydrogen-bond acceptors (Lipinski definition) is 4. The van der Waals surface area contributed by atoms with Gasteiger partial charge < -0.3 is 10.1 Å². The van der Waals surface area contributed by atoms with Crippen LogP contribution >= 0.6 is 0 Å². The van der Waals surface area contributed by atoms with Gasteiger partial charge in [0.1, 0.15) is 0 Å². The molecule has 1 aromatic heterocycles. The average Bonchev–Trinajstić information content (AvgIpc) is 2.82. The highest BCUT2D eigenvalue weighted by Crippen LogP contribution is 2.10. The Balaban J connectivity index is 1.74. The molecule has 0 aliphatic carbocycles. The zero-order chi connectivity index (χ0) is 12.1. The van der Waals surface area contributed by atoms with Gasteiger partial charge in [0.25, 0.3) is 0 Å².